The van der Waals surface area contributed by atoms with Crippen molar-refractivity contribution < 1.29 is 9.84 Å². The number of hydrogen-bond acceptors (Lipinski definition) is 3. The van der Waals surface area contributed by atoms with Gasteiger partial charge in [-0.2, -0.15) is 0 Å². The highest BCUT2D eigenvalue weighted by Gasteiger charge is 2.24. The van der Waals surface area contributed by atoms with Gasteiger partial charge in [0.05, 0.1) is 18.2 Å². The van der Waals surface area contributed by atoms with Crippen LogP contribution in [0.2, 0.25) is 0 Å². The van der Waals surface area contributed by atoms with Gasteiger partial charge < -0.3 is 9.84 Å². The lowest BCUT2D eigenvalue weighted by Gasteiger charge is -2.25. The normalized spacial score (nSPS) is 12.8. The predicted molar refractivity (Wildman–Crippen MR) is 82.2 cm³/mol. The van der Waals surface area contributed by atoms with E-state index in [0.717, 1.165) is 27.9 Å². The Morgan fingerprint density at radius 2 is 1.70 bits per heavy atom. The summed E-state index contributed by atoms with van der Waals surface area (Å²) in [6.45, 7) is 9.97. The van der Waals surface area contributed by atoms with Gasteiger partial charge in [-0.1, -0.05) is 20.8 Å². The Bertz CT molecular complexity index is 634. The third kappa shape index (κ3) is 2.78. The number of ether oxygens (including phenoxy) is 1. The van der Waals surface area contributed by atoms with Crippen molar-refractivity contribution in [1.29, 1.82) is 0 Å². The minimum atomic E-state index is -0.923. The van der Waals surface area contributed by atoms with Gasteiger partial charge in [-0.15, -0.1) is 0 Å². The lowest BCUT2D eigenvalue weighted by molar-refractivity contribution is 0.0799. The number of aromatic nitrogens is 1. The van der Waals surface area contributed by atoms with Crippen LogP contribution in [0.1, 0.15) is 45.9 Å². The van der Waals surface area contributed by atoms with Gasteiger partial charge in [-0.3, -0.25) is 4.98 Å². The van der Waals surface area contributed by atoms with Gasteiger partial charge in [0.2, 0.25) is 0 Å². The van der Waals surface area contributed by atoms with Gasteiger partial charge in [-0.05, 0) is 43.7 Å². The van der Waals surface area contributed by atoms with Crippen LogP contribution in [0.5, 0.6) is 5.75 Å². The number of benzene rings is 1. The van der Waals surface area contributed by atoms with Crippen LogP contribution in [-0.4, -0.2) is 17.2 Å². The molecule has 0 amide bonds. The monoisotopic (exact) mass is 273 g/mol. The van der Waals surface area contributed by atoms with Gasteiger partial charge in [0.1, 0.15) is 5.75 Å². The molecule has 1 aromatic carbocycles. The standard InChI is InChI=1S/C17H23NO2/c1-16(2,3)15-10-13(17(4,5)19)12-9-11(20-6)7-8-14(12)18-15/h7-10,19H,1-6H3. The molecular weight excluding hydrogens is 250 g/mol. The van der Waals surface area contributed by atoms with Crippen LogP contribution in [-0.2, 0) is 11.0 Å². The zero-order valence-corrected chi connectivity index (χ0v) is 13.1. The molecule has 0 saturated heterocycles. The molecule has 108 valence electrons. The summed E-state index contributed by atoms with van der Waals surface area (Å²) >= 11 is 0. The molecule has 0 radical (unpaired) electrons. The van der Waals surface area contributed by atoms with Crippen LogP contribution in [0.4, 0.5) is 0 Å². The quantitative estimate of drug-likeness (QED) is 0.905. The van der Waals surface area contributed by atoms with Crippen molar-refractivity contribution in [2.75, 3.05) is 7.11 Å². The van der Waals surface area contributed by atoms with E-state index in [0.29, 0.717) is 0 Å². The average molecular weight is 273 g/mol. The molecule has 0 aliphatic rings. The van der Waals surface area contributed by atoms with Crippen molar-refractivity contribution in [2.24, 2.45) is 0 Å². The Balaban J connectivity index is 2.82. The highest BCUT2D eigenvalue weighted by molar-refractivity contribution is 5.84. The highest BCUT2D eigenvalue weighted by atomic mass is 16.5. The number of aliphatic hydroxyl groups is 1. The summed E-state index contributed by atoms with van der Waals surface area (Å²) in [5, 5.41) is 11.4. The molecule has 0 saturated carbocycles. The Morgan fingerprint density at radius 3 is 2.20 bits per heavy atom. The van der Waals surface area contributed by atoms with E-state index in [1.807, 2.05) is 24.3 Å². The molecule has 0 bridgehead atoms. The maximum Gasteiger partial charge on any atom is 0.119 e. The Morgan fingerprint density at radius 1 is 1.05 bits per heavy atom. The number of nitrogens with zero attached hydrogens (tertiary/aromatic N) is 1. The van der Waals surface area contributed by atoms with E-state index in [9.17, 15) is 5.11 Å². The number of pyridine rings is 1. The van der Waals surface area contributed by atoms with E-state index in [4.69, 9.17) is 9.72 Å². The zero-order chi connectivity index (χ0) is 15.1. The molecule has 1 aromatic heterocycles. The second-order valence-electron chi connectivity index (χ2n) is 6.75. The molecule has 1 heterocycles. The summed E-state index contributed by atoms with van der Waals surface area (Å²) in [5.74, 6) is 0.772. The SMILES string of the molecule is COc1ccc2nc(C(C)(C)C)cc(C(C)(C)O)c2c1. The summed E-state index contributed by atoms with van der Waals surface area (Å²) in [6.07, 6.45) is 0. The molecule has 3 heteroatoms. The van der Waals surface area contributed by atoms with Crippen molar-refractivity contribution in [2.45, 2.75) is 45.6 Å². The number of methoxy groups -OCH3 is 1. The Kier molecular flexibility index (Phi) is 3.51. The maximum atomic E-state index is 10.5. The summed E-state index contributed by atoms with van der Waals surface area (Å²) in [5.41, 5.74) is 1.76. The van der Waals surface area contributed by atoms with Crippen molar-refractivity contribution in [3.8, 4) is 5.75 Å². The topological polar surface area (TPSA) is 42.4 Å². The summed E-state index contributed by atoms with van der Waals surface area (Å²) in [6, 6.07) is 7.78. The zero-order valence-electron chi connectivity index (χ0n) is 13.1. The van der Waals surface area contributed by atoms with Gasteiger partial charge in [0.25, 0.3) is 0 Å². The first-order valence-electron chi connectivity index (χ1n) is 6.85. The largest absolute Gasteiger partial charge is 0.497 e. The van der Waals surface area contributed by atoms with Crippen LogP contribution in [0, 0.1) is 0 Å². The highest BCUT2D eigenvalue weighted by Crippen LogP contribution is 2.33. The van der Waals surface area contributed by atoms with Crippen LogP contribution in [0.25, 0.3) is 10.9 Å². The molecule has 0 spiro atoms. The van der Waals surface area contributed by atoms with Crippen LogP contribution >= 0.6 is 0 Å². The molecule has 1 N–H and O–H groups in total. The average Bonchev–Trinajstić information content (AvgIpc) is 2.34. The minimum Gasteiger partial charge on any atom is -0.497 e. The Labute approximate surface area is 120 Å². The van der Waals surface area contributed by atoms with Crippen molar-refractivity contribution in [1.82, 2.24) is 4.98 Å². The maximum absolute atomic E-state index is 10.5. The van der Waals surface area contributed by atoms with Crippen molar-refractivity contribution >= 4 is 10.9 Å². The van der Waals surface area contributed by atoms with Crippen molar-refractivity contribution in [3.05, 3.63) is 35.5 Å². The van der Waals surface area contributed by atoms with E-state index in [1.54, 1.807) is 21.0 Å². The third-order valence-corrected chi connectivity index (χ3v) is 3.44. The molecule has 20 heavy (non-hydrogen) atoms. The van der Waals surface area contributed by atoms with Crippen LogP contribution < -0.4 is 4.74 Å². The summed E-state index contributed by atoms with van der Waals surface area (Å²) in [7, 11) is 1.64. The minimum absolute atomic E-state index is 0.0614. The first-order chi connectivity index (χ1) is 9.13. The fourth-order valence-corrected chi connectivity index (χ4v) is 2.22. The number of rotatable bonds is 2. The van der Waals surface area contributed by atoms with E-state index in [-0.39, 0.29) is 5.41 Å². The number of fused-ring (bicyclic) bond motifs is 1. The van der Waals surface area contributed by atoms with Crippen LogP contribution in [0.3, 0.4) is 0 Å². The van der Waals surface area contributed by atoms with Crippen LogP contribution in [0.15, 0.2) is 24.3 Å². The smallest absolute Gasteiger partial charge is 0.119 e. The Hall–Kier alpha value is -1.61. The molecular formula is C17H23NO2. The molecule has 0 aliphatic carbocycles. The molecule has 2 aromatic rings. The molecule has 0 atom stereocenters. The molecule has 0 fully saturated rings. The van der Waals surface area contributed by atoms with E-state index in [1.165, 1.54) is 0 Å². The van der Waals surface area contributed by atoms with Gasteiger partial charge >= 0.3 is 0 Å². The van der Waals surface area contributed by atoms with E-state index >= 15 is 0 Å². The number of hydrogen-bond donors (Lipinski definition) is 1. The molecule has 3 nitrogen and oxygen atoms in total. The fraction of sp³-hybridized carbons (Fsp3) is 0.471. The van der Waals surface area contributed by atoms with E-state index < -0.39 is 5.60 Å². The summed E-state index contributed by atoms with van der Waals surface area (Å²) < 4.78 is 5.28. The van der Waals surface area contributed by atoms with Gasteiger partial charge in [0, 0.05) is 16.5 Å². The second kappa shape index (κ2) is 4.74. The fourth-order valence-electron chi connectivity index (χ4n) is 2.22. The summed E-state index contributed by atoms with van der Waals surface area (Å²) in [4.78, 5) is 4.73. The van der Waals surface area contributed by atoms with Gasteiger partial charge in [-0.25, -0.2) is 0 Å². The second-order valence-corrected chi connectivity index (χ2v) is 6.75. The molecule has 2 rings (SSSR count). The van der Waals surface area contributed by atoms with Crippen molar-refractivity contribution in [3.63, 3.8) is 0 Å². The lowest BCUT2D eigenvalue weighted by Crippen LogP contribution is -2.20. The third-order valence-electron chi connectivity index (χ3n) is 3.44. The van der Waals surface area contributed by atoms with Gasteiger partial charge in [0.15, 0.2) is 0 Å². The first kappa shape index (κ1) is 14.8. The first-order valence-corrected chi connectivity index (χ1v) is 6.85. The predicted octanol–water partition coefficient (Wildman–Crippen LogP) is 3.77. The molecule has 0 aliphatic heterocycles. The van der Waals surface area contributed by atoms with E-state index in [2.05, 4.69) is 20.8 Å². The molecule has 0 unspecified atom stereocenters. The lowest BCUT2D eigenvalue weighted by atomic mass is 9.86.